The van der Waals surface area contributed by atoms with E-state index in [9.17, 15) is 5.11 Å². The Kier molecular flexibility index (Phi) is 2.23. The molecule has 0 bridgehead atoms. The van der Waals surface area contributed by atoms with Crippen LogP contribution in [0.15, 0.2) is 18.2 Å². The predicted molar refractivity (Wildman–Crippen MR) is 55.5 cm³/mol. The van der Waals surface area contributed by atoms with E-state index in [0.29, 0.717) is 0 Å². The highest BCUT2D eigenvalue weighted by Gasteiger charge is 2.36. The first-order chi connectivity index (χ1) is 6.65. The Morgan fingerprint density at radius 3 is 2.50 bits per heavy atom. The molecular weight excluding hydrogens is 176 g/mol. The zero-order valence-electron chi connectivity index (χ0n) is 8.71. The molecule has 0 amide bonds. The number of aliphatic hydroxyl groups is 1. The minimum absolute atomic E-state index is 0.559. The second kappa shape index (κ2) is 3.28. The highest BCUT2D eigenvalue weighted by Crippen LogP contribution is 2.41. The number of benzene rings is 1. The Labute approximate surface area is 84.5 Å². The molecule has 0 aromatic heterocycles. The molecule has 2 rings (SSSR count). The zero-order valence-corrected chi connectivity index (χ0v) is 8.71. The maximum Gasteiger partial charge on any atom is 0.121 e. The average molecular weight is 192 g/mol. The van der Waals surface area contributed by atoms with E-state index in [1.165, 1.54) is 0 Å². The van der Waals surface area contributed by atoms with Gasteiger partial charge in [0.15, 0.2) is 0 Å². The maximum absolute atomic E-state index is 10.1. The molecule has 1 fully saturated rings. The standard InChI is InChI=1S/C12H16O2/c1-9-8-10(4-5-11(9)14-2)12(13)6-3-7-12/h4-5,8,13H,3,6-7H2,1-2H3. The molecule has 2 heteroatoms. The lowest BCUT2D eigenvalue weighted by Crippen LogP contribution is -2.33. The van der Waals surface area contributed by atoms with Crippen LogP contribution in [0.5, 0.6) is 5.75 Å². The van der Waals surface area contributed by atoms with E-state index in [2.05, 4.69) is 0 Å². The molecular formula is C12H16O2. The summed E-state index contributed by atoms with van der Waals surface area (Å²) in [5.74, 6) is 0.886. The molecule has 1 saturated carbocycles. The molecule has 1 aliphatic carbocycles. The first-order valence-corrected chi connectivity index (χ1v) is 5.03. The Morgan fingerprint density at radius 2 is 2.07 bits per heavy atom. The summed E-state index contributed by atoms with van der Waals surface area (Å²) in [4.78, 5) is 0. The largest absolute Gasteiger partial charge is 0.496 e. The minimum atomic E-state index is -0.559. The second-order valence-corrected chi connectivity index (χ2v) is 4.07. The Morgan fingerprint density at radius 1 is 1.36 bits per heavy atom. The second-order valence-electron chi connectivity index (χ2n) is 4.07. The van der Waals surface area contributed by atoms with Gasteiger partial charge in [0.2, 0.25) is 0 Å². The minimum Gasteiger partial charge on any atom is -0.496 e. The fourth-order valence-electron chi connectivity index (χ4n) is 1.97. The van der Waals surface area contributed by atoms with Gasteiger partial charge < -0.3 is 9.84 Å². The number of hydrogen-bond acceptors (Lipinski definition) is 2. The third-order valence-electron chi connectivity index (χ3n) is 3.11. The number of ether oxygens (including phenoxy) is 1. The summed E-state index contributed by atoms with van der Waals surface area (Å²) >= 11 is 0. The molecule has 14 heavy (non-hydrogen) atoms. The van der Waals surface area contributed by atoms with Crippen molar-refractivity contribution in [1.82, 2.24) is 0 Å². The molecule has 1 aromatic carbocycles. The van der Waals surface area contributed by atoms with Gasteiger partial charge in [-0.2, -0.15) is 0 Å². The Hall–Kier alpha value is -1.02. The van der Waals surface area contributed by atoms with Crippen molar-refractivity contribution in [1.29, 1.82) is 0 Å². The van der Waals surface area contributed by atoms with Gasteiger partial charge >= 0.3 is 0 Å². The van der Waals surface area contributed by atoms with Crippen LogP contribution in [0.25, 0.3) is 0 Å². The topological polar surface area (TPSA) is 29.5 Å². The van der Waals surface area contributed by atoms with Crippen molar-refractivity contribution in [2.24, 2.45) is 0 Å². The van der Waals surface area contributed by atoms with Gasteiger partial charge in [0.1, 0.15) is 5.75 Å². The number of rotatable bonds is 2. The van der Waals surface area contributed by atoms with E-state index in [-0.39, 0.29) is 0 Å². The van der Waals surface area contributed by atoms with Gasteiger partial charge in [-0.15, -0.1) is 0 Å². The van der Waals surface area contributed by atoms with Gasteiger partial charge in [0.25, 0.3) is 0 Å². The summed E-state index contributed by atoms with van der Waals surface area (Å²) in [5.41, 5.74) is 1.56. The number of aryl methyl sites for hydroxylation is 1. The number of methoxy groups -OCH3 is 1. The Balaban J connectivity index is 2.32. The molecule has 0 spiro atoms. The molecule has 0 atom stereocenters. The molecule has 0 radical (unpaired) electrons. The van der Waals surface area contributed by atoms with Gasteiger partial charge in [-0.05, 0) is 49.4 Å². The molecule has 1 aromatic rings. The van der Waals surface area contributed by atoms with Crippen LogP contribution in [0.1, 0.15) is 30.4 Å². The molecule has 0 aliphatic heterocycles. The van der Waals surface area contributed by atoms with E-state index in [1.807, 2.05) is 25.1 Å². The van der Waals surface area contributed by atoms with Crippen molar-refractivity contribution in [2.75, 3.05) is 7.11 Å². The van der Waals surface area contributed by atoms with E-state index >= 15 is 0 Å². The smallest absolute Gasteiger partial charge is 0.121 e. The molecule has 0 heterocycles. The van der Waals surface area contributed by atoms with Gasteiger partial charge in [-0.25, -0.2) is 0 Å². The van der Waals surface area contributed by atoms with Crippen molar-refractivity contribution < 1.29 is 9.84 Å². The van der Waals surface area contributed by atoms with Crippen molar-refractivity contribution in [3.05, 3.63) is 29.3 Å². The van der Waals surface area contributed by atoms with Crippen LogP contribution in [0.3, 0.4) is 0 Å². The maximum atomic E-state index is 10.1. The van der Waals surface area contributed by atoms with Crippen LogP contribution < -0.4 is 4.74 Å². The number of hydrogen-bond donors (Lipinski definition) is 1. The molecule has 1 N–H and O–H groups in total. The fourth-order valence-corrected chi connectivity index (χ4v) is 1.97. The molecule has 0 unspecified atom stereocenters. The highest BCUT2D eigenvalue weighted by atomic mass is 16.5. The van der Waals surface area contributed by atoms with Gasteiger partial charge in [0, 0.05) is 0 Å². The normalized spacial score (nSPS) is 18.8. The first kappa shape index (κ1) is 9.53. The third kappa shape index (κ3) is 1.40. The monoisotopic (exact) mass is 192 g/mol. The highest BCUT2D eigenvalue weighted by molar-refractivity contribution is 5.39. The summed E-state index contributed by atoms with van der Waals surface area (Å²) in [6, 6.07) is 5.92. The van der Waals surface area contributed by atoms with Crippen molar-refractivity contribution in [3.8, 4) is 5.75 Å². The van der Waals surface area contributed by atoms with E-state index in [0.717, 1.165) is 36.1 Å². The summed E-state index contributed by atoms with van der Waals surface area (Å²) in [6.45, 7) is 2.00. The van der Waals surface area contributed by atoms with Crippen LogP contribution in [-0.4, -0.2) is 12.2 Å². The molecule has 0 saturated heterocycles. The fraction of sp³-hybridized carbons (Fsp3) is 0.500. The summed E-state index contributed by atoms with van der Waals surface area (Å²) in [7, 11) is 1.67. The van der Waals surface area contributed by atoms with E-state index < -0.39 is 5.60 Å². The Bertz CT molecular complexity index is 340. The predicted octanol–water partition coefficient (Wildman–Crippen LogP) is 2.38. The third-order valence-corrected chi connectivity index (χ3v) is 3.11. The van der Waals surface area contributed by atoms with Crippen molar-refractivity contribution in [2.45, 2.75) is 31.8 Å². The zero-order chi connectivity index (χ0) is 10.2. The average Bonchev–Trinajstić information content (AvgIpc) is 2.14. The molecule has 76 valence electrons. The summed E-state index contributed by atoms with van der Waals surface area (Å²) < 4.78 is 5.18. The van der Waals surface area contributed by atoms with Gasteiger partial charge in [-0.1, -0.05) is 6.07 Å². The lowest BCUT2D eigenvalue weighted by Gasteiger charge is -2.37. The lowest BCUT2D eigenvalue weighted by molar-refractivity contribution is -0.0388. The first-order valence-electron chi connectivity index (χ1n) is 5.03. The SMILES string of the molecule is COc1ccc(C2(O)CCC2)cc1C. The lowest BCUT2D eigenvalue weighted by atomic mass is 9.75. The van der Waals surface area contributed by atoms with Gasteiger partial charge in [0.05, 0.1) is 12.7 Å². The van der Waals surface area contributed by atoms with E-state index in [4.69, 9.17) is 4.74 Å². The summed E-state index contributed by atoms with van der Waals surface area (Å²) in [6.07, 6.45) is 2.90. The summed E-state index contributed by atoms with van der Waals surface area (Å²) in [5, 5.41) is 10.1. The van der Waals surface area contributed by atoms with E-state index in [1.54, 1.807) is 7.11 Å². The van der Waals surface area contributed by atoms with Crippen LogP contribution in [0, 0.1) is 6.92 Å². The molecule has 2 nitrogen and oxygen atoms in total. The quantitative estimate of drug-likeness (QED) is 0.779. The molecule has 1 aliphatic rings. The van der Waals surface area contributed by atoms with Crippen molar-refractivity contribution >= 4 is 0 Å². The van der Waals surface area contributed by atoms with Crippen LogP contribution >= 0.6 is 0 Å². The van der Waals surface area contributed by atoms with Crippen LogP contribution in [0.2, 0.25) is 0 Å². The van der Waals surface area contributed by atoms with Crippen LogP contribution in [0.4, 0.5) is 0 Å². The van der Waals surface area contributed by atoms with Gasteiger partial charge in [-0.3, -0.25) is 0 Å². The van der Waals surface area contributed by atoms with Crippen LogP contribution in [-0.2, 0) is 5.60 Å². The van der Waals surface area contributed by atoms with Crippen molar-refractivity contribution in [3.63, 3.8) is 0 Å².